The van der Waals surface area contributed by atoms with Crippen molar-refractivity contribution in [2.75, 3.05) is 13.1 Å². The number of aliphatic carboxylic acids is 1. The van der Waals surface area contributed by atoms with Crippen molar-refractivity contribution in [3.05, 3.63) is 0 Å². The molecule has 1 fully saturated rings. The van der Waals surface area contributed by atoms with Crippen LogP contribution in [0.3, 0.4) is 0 Å². The van der Waals surface area contributed by atoms with Crippen LogP contribution in [0, 0.1) is 0 Å². The van der Waals surface area contributed by atoms with Gasteiger partial charge in [0.25, 0.3) is 0 Å². The molecule has 1 aliphatic rings. The van der Waals surface area contributed by atoms with E-state index >= 15 is 0 Å². The van der Waals surface area contributed by atoms with Crippen LogP contribution >= 0.6 is 0 Å². The Morgan fingerprint density at radius 2 is 1.38 bits per heavy atom. The zero-order chi connectivity index (χ0) is 21.3. The first-order valence-electron chi connectivity index (χ1n) is 11.8. The van der Waals surface area contributed by atoms with Crippen LogP contribution in [0.15, 0.2) is 0 Å². The third-order valence-electron chi connectivity index (χ3n) is 5.80. The number of hydrogen-bond acceptors (Lipinski definition) is 3. The zero-order valence-corrected chi connectivity index (χ0v) is 18.4. The summed E-state index contributed by atoms with van der Waals surface area (Å²) in [4.78, 5) is 36.5. The van der Waals surface area contributed by atoms with Crippen LogP contribution in [0.5, 0.6) is 0 Å². The summed E-state index contributed by atoms with van der Waals surface area (Å²) in [7, 11) is 0. The minimum Gasteiger partial charge on any atom is -0.480 e. The molecule has 6 nitrogen and oxygen atoms in total. The second-order valence-electron chi connectivity index (χ2n) is 8.35. The van der Waals surface area contributed by atoms with E-state index < -0.39 is 12.0 Å². The number of carbonyl (C=O) groups excluding carboxylic acids is 2. The lowest BCUT2D eigenvalue weighted by Crippen LogP contribution is -2.45. The molecular weight excluding hydrogens is 368 g/mol. The van der Waals surface area contributed by atoms with Crippen LogP contribution in [0.4, 0.5) is 0 Å². The molecule has 0 aromatic carbocycles. The predicted molar refractivity (Wildman–Crippen MR) is 116 cm³/mol. The maximum Gasteiger partial charge on any atom is 0.326 e. The van der Waals surface area contributed by atoms with E-state index in [2.05, 4.69) is 12.2 Å². The van der Waals surface area contributed by atoms with Crippen molar-refractivity contribution in [2.45, 2.75) is 116 Å². The second-order valence-corrected chi connectivity index (χ2v) is 8.35. The smallest absolute Gasteiger partial charge is 0.326 e. The van der Waals surface area contributed by atoms with E-state index in [-0.39, 0.29) is 18.4 Å². The molecule has 0 aromatic rings. The van der Waals surface area contributed by atoms with E-state index in [1.807, 2.05) is 0 Å². The molecule has 0 aromatic heterocycles. The Labute approximate surface area is 176 Å². The molecule has 29 heavy (non-hydrogen) atoms. The van der Waals surface area contributed by atoms with E-state index in [0.717, 1.165) is 19.3 Å². The molecule has 0 spiro atoms. The molecule has 6 heteroatoms. The number of rotatable bonds is 17. The fourth-order valence-corrected chi connectivity index (χ4v) is 3.99. The molecule has 1 atom stereocenters. The summed E-state index contributed by atoms with van der Waals surface area (Å²) in [6.45, 7) is 2.62. The van der Waals surface area contributed by atoms with E-state index in [0.29, 0.717) is 25.8 Å². The van der Waals surface area contributed by atoms with Crippen molar-refractivity contribution in [3.63, 3.8) is 0 Å². The molecule has 1 rings (SSSR count). The summed E-state index contributed by atoms with van der Waals surface area (Å²) >= 11 is 0. The number of unbranched alkanes of at least 4 members (excludes halogenated alkanes) is 12. The lowest BCUT2D eigenvalue weighted by molar-refractivity contribution is -0.148. The van der Waals surface area contributed by atoms with E-state index in [4.69, 9.17) is 5.11 Å². The van der Waals surface area contributed by atoms with Crippen molar-refractivity contribution in [1.82, 2.24) is 10.2 Å². The molecule has 0 bridgehead atoms. The molecule has 2 amide bonds. The van der Waals surface area contributed by atoms with Crippen molar-refractivity contribution < 1.29 is 19.5 Å². The quantitative estimate of drug-likeness (QED) is 0.341. The molecule has 1 aliphatic heterocycles. The largest absolute Gasteiger partial charge is 0.480 e. The number of nitrogens with one attached hydrogen (secondary N) is 1. The third kappa shape index (κ3) is 11.9. The Kier molecular flexibility index (Phi) is 14.2. The van der Waals surface area contributed by atoms with Crippen molar-refractivity contribution >= 4 is 17.8 Å². The van der Waals surface area contributed by atoms with Gasteiger partial charge in [-0.2, -0.15) is 0 Å². The fourth-order valence-electron chi connectivity index (χ4n) is 3.99. The number of carboxylic acids is 1. The number of hydrogen-bond donors (Lipinski definition) is 2. The highest BCUT2D eigenvalue weighted by Crippen LogP contribution is 2.17. The van der Waals surface area contributed by atoms with Crippen LogP contribution < -0.4 is 5.32 Å². The topological polar surface area (TPSA) is 86.7 Å². The maximum atomic E-state index is 12.1. The molecule has 0 aliphatic carbocycles. The van der Waals surface area contributed by atoms with Gasteiger partial charge in [-0.05, 0) is 19.3 Å². The van der Waals surface area contributed by atoms with Crippen LogP contribution in [0.1, 0.15) is 110 Å². The van der Waals surface area contributed by atoms with Gasteiger partial charge in [-0.3, -0.25) is 9.59 Å². The standard InChI is InChI=1S/C23H42N2O4/c1-2-3-4-5-6-7-8-9-10-11-12-13-14-17-21(26)24-19-22(27)25-18-15-16-20(25)23(28)29/h20H,2-19H2,1H3,(H,24,26)(H,28,29)/t20-/m0/s1. The first kappa shape index (κ1) is 25.4. The Hall–Kier alpha value is -1.59. The first-order chi connectivity index (χ1) is 14.1. The molecule has 0 unspecified atom stereocenters. The number of nitrogens with zero attached hydrogens (tertiary/aromatic N) is 1. The summed E-state index contributed by atoms with van der Waals surface area (Å²) in [5.41, 5.74) is 0. The van der Waals surface area contributed by atoms with Gasteiger partial charge in [0.05, 0.1) is 6.54 Å². The number of carbonyl (C=O) groups is 3. The molecule has 1 heterocycles. The van der Waals surface area contributed by atoms with E-state index in [1.165, 1.54) is 69.1 Å². The average molecular weight is 411 g/mol. The molecule has 168 valence electrons. The first-order valence-corrected chi connectivity index (χ1v) is 11.8. The lowest BCUT2D eigenvalue weighted by Gasteiger charge is -2.21. The SMILES string of the molecule is CCCCCCCCCCCCCCCC(=O)NCC(=O)N1CCC[C@H]1C(=O)O. The monoisotopic (exact) mass is 410 g/mol. The highest BCUT2D eigenvalue weighted by molar-refractivity contribution is 5.88. The molecule has 0 saturated carbocycles. The summed E-state index contributed by atoms with van der Waals surface area (Å²) in [6, 6.07) is -0.736. The van der Waals surface area contributed by atoms with Gasteiger partial charge in [-0.25, -0.2) is 4.79 Å². The third-order valence-corrected chi connectivity index (χ3v) is 5.80. The molecule has 1 saturated heterocycles. The zero-order valence-electron chi connectivity index (χ0n) is 18.4. The molecular formula is C23H42N2O4. The van der Waals surface area contributed by atoms with Gasteiger partial charge < -0.3 is 15.3 Å². The van der Waals surface area contributed by atoms with Gasteiger partial charge in [-0.15, -0.1) is 0 Å². The summed E-state index contributed by atoms with van der Waals surface area (Å²) in [5, 5.41) is 11.8. The summed E-state index contributed by atoms with van der Waals surface area (Å²) < 4.78 is 0. The summed E-state index contributed by atoms with van der Waals surface area (Å²) in [6.07, 6.45) is 18.1. The van der Waals surface area contributed by atoms with Crippen LogP contribution in [0.25, 0.3) is 0 Å². The van der Waals surface area contributed by atoms with Gasteiger partial charge >= 0.3 is 5.97 Å². The normalized spacial score (nSPS) is 16.2. The minimum atomic E-state index is -0.964. The minimum absolute atomic E-state index is 0.0962. The van der Waals surface area contributed by atoms with Crippen molar-refractivity contribution in [3.8, 4) is 0 Å². The lowest BCUT2D eigenvalue weighted by atomic mass is 10.0. The van der Waals surface area contributed by atoms with Gasteiger partial charge in [0.1, 0.15) is 6.04 Å². The molecule has 2 N–H and O–H groups in total. The Balaban J connectivity index is 1.92. The van der Waals surface area contributed by atoms with Crippen LogP contribution in [0.2, 0.25) is 0 Å². The van der Waals surface area contributed by atoms with Crippen molar-refractivity contribution in [2.24, 2.45) is 0 Å². The number of amides is 2. The maximum absolute atomic E-state index is 12.1. The van der Waals surface area contributed by atoms with Crippen LogP contribution in [-0.2, 0) is 14.4 Å². The van der Waals surface area contributed by atoms with E-state index in [9.17, 15) is 14.4 Å². The highest BCUT2D eigenvalue weighted by Gasteiger charge is 2.33. The van der Waals surface area contributed by atoms with Gasteiger partial charge in [0.2, 0.25) is 11.8 Å². The Morgan fingerprint density at radius 3 is 1.90 bits per heavy atom. The van der Waals surface area contributed by atoms with E-state index in [1.54, 1.807) is 0 Å². The predicted octanol–water partition coefficient (Wildman–Crippen LogP) is 4.66. The number of carboxylic acid groups (broad SMARTS) is 1. The fraction of sp³-hybridized carbons (Fsp3) is 0.870. The van der Waals surface area contributed by atoms with Crippen LogP contribution in [-0.4, -0.2) is 46.9 Å². The molecule has 0 radical (unpaired) electrons. The number of likely N-dealkylation sites (tertiary alicyclic amines) is 1. The van der Waals surface area contributed by atoms with Crippen molar-refractivity contribution in [1.29, 1.82) is 0 Å². The van der Waals surface area contributed by atoms with Gasteiger partial charge in [0.15, 0.2) is 0 Å². The Morgan fingerprint density at radius 1 is 0.862 bits per heavy atom. The highest BCUT2D eigenvalue weighted by atomic mass is 16.4. The second kappa shape index (κ2) is 16.2. The van der Waals surface area contributed by atoms with Gasteiger partial charge in [-0.1, -0.05) is 84.0 Å². The average Bonchev–Trinajstić information content (AvgIpc) is 3.20. The Bertz CT molecular complexity index is 481. The van der Waals surface area contributed by atoms with Gasteiger partial charge in [0, 0.05) is 13.0 Å². The summed E-state index contributed by atoms with van der Waals surface area (Å²) in [5.74, 6) is -1.38.